The highest BCUT2D eigenvalue weighted by Gasteiger charge is 2.13. The van der Waals surface area contributed by atoms with Crippen molar-refractivity contribution in [2.24, 2.45) is 0 Å². The van der Waals surface area contributed by atoms with E-state index in [1.807, 2.05) is 37.4 Å². The van der Waals surface area contributed by atoms with Crippen molar-refractivity contribution in [2.75, 3.05) is 13.6 Å². The molecule has 1 amide bonds. The van der Waals surface area contributed by atoms with E-state index in [1.165, 1.54) is 5.56 Å². The summed E-state index contributed by atoms with van der Waals surface area (Å²) in [6.45, 7) is 0.664. The summed E-state index contributed by atoms with van der Waals surface area (Å²) < 4.78 is 0. The lowest BCUT2D eigenvalue weighted by molar-refractivity contribution is -0.117. The van der Waals surface area contributed by atoms with Crippen molar-refractivity contribution in [1.29, 1.82) is 0 Å². The largest absolute Gasteiger partial charge is 0.391 e. The van der Waals surface area contributed by atoms with E-state index in [-0.39, 0.29) is 5.91 Å². The van der Waals surface area contributed by atoms with Crippen LogP contribution < -0.4 is 10.6 Å². The predicted octanol–water partition coefficient (Wildman–Crippen LogP) is 2.17. The molecule has 1 aliphatic carbocycles. The fraction of sp³-hybridized carbons (Fsp3) is 0.312. The molecule has 3 heteroatoms. The molecular formula is C16H20N2O. The molecule has 1 aromatic carbocycles. The number of carbonyl (C=O) groups is 1. The van der Waals surface area contributed by atoms with Crippen LogP contribution in [-0.2, 0) is 11.2 Å². The van der Waals surface area contributed by atoms with Crippen LogP contribution in [0, 0.1) is 0 Å². The molecule has 0 heterocycles. The van der Waals surface area contributed by atoms with Gasteiger partial charge >= 0.3 is 0 Å². The van der Waals surface area contributed by atoms with E-state index >= 15 is 0 Å². The minimum Gasteiger partial charge on any atom is -0.391 e. The Kier molecular flexibility index (Phi) is 4.78. The van der Waals surface area contributed by atoms with Gasteiger partial charge in [-0.3, -0.25) is 4.79 Å². The molecule has 0 saturated heterocycles. The third-order valence-electron chi connectivity index (χ3n) is 3.26. The highest BCUT2D eigenvalue weighted by Crippen LogP contribution is 2.16. The molecular weight excluding hydrogens is 236 g/mol. The van der Waals surface area contributed by atoms with E-state index in [0.717, 1.165) is 30.5 Å². The maximum atomic E-state index is 12.1. The fourth-order valence-electron chi connectivity index (χ4n) is 2.20. The van der Waals surface area contributed by atoms with Crippen LogP contribution in [0.3, 0.4) is 0 Å². The topological polar surface area (TPSA) is 41.1 Å². The molecule has 100 valence electrons. The van der Waals surface area contributed by atoms with Crippen molar-refractivity contribution in [3.05, 3.63) is 59.3 Å². The van der Waals surface area contributed by atoms with Gasteiger partial charge in [-0.1, -0.05) is 42.5 Å². The van der Waals surface area contributed by atoms with E-state index in [9.17, 15) is 4.79 Å². The SMILES string of the molecule is CNC1=C(C(=O)NCCc2ccccc2)C=CCC1. The summed E-state index contributed by atoms with van der Waals surface area (Å²) in [5, 5.41) is 6.09. The van der Waals surface area contributed by atoms with Gasteiger partial charge in [0.1, 0.15) is 0 Å². The Morgan fingerprint density at radius 1 is 1.26 bits per heavy atom. The fourth-order valence-corrected chi connectivity index (χ4v) is 2.20. The molecule has 0 aliphatic heterocycles. The molecule has 0 unspecified atom stereocenters. The van der Waals surface area contributed by atoms with Gasteiger partial charge in [0.05, 0.1) is 5.57 Å². The summed E-state index contributed by atoms with van der Waals surface area (Å²) >= 11 is 0. The Bertz CT molecular complexity index is 489. The van der Waals surface area contributed by atoms with Crippen molar-refractivity contribution in [3.63, 3.8) is 0 Å². The Morgan fingerprint density at radius 3 is 2.79 bits per heavy atom. The highest BCUT2D eigenvalue weighted by molar-refractivity contribution is 5.97. The third-order valence-corrected chi connectivity index (χ3v) is 3.26. The molecule has 0 atom stereocenters. The van der Waals surface area contributed by atoms with Crippen LogP contribution in [0.4, 0.5) is 0 Å². The lowest BCUT2D eigenvalue weighted by Crippen LogP contribution is -2.29. The first kappa shape index (κ1) is 13.4. The normalized spacial score (nSPS) is 14.4. The number of allylic oxidation sites excluding steroid dienone is 2. The van der Waals surface area contributed by atoms with Gasteiger partial charge in [0.25, 0.3) is 5.91 Å². The maximum absolute atomic E-state index is 12.1. The molecule has 0 fully saturated rings. The number of hydrogen-bond acceptors (Lipinski definition) is 2. The smallest absolute Gasteiger partial charge is 0.253 e. The number of hydrogen-bond donors (Lipinski definition) is 2. The van der Waals surface area contributed by atoms with Gasteiger partial charge in [0.15, 0.2) is 0 Å². The maximum Gasteiger partial charge on any atom is 0.253 e. The standard InChI is InChI=1S/C16H20N2O/c1-17-15-10-6-5-9-14(15)16(19)18-12-11-13-7-3-2-4-8-13/h2-5,7-9,17H,6,10-12H2,1H3,(H,18,19). The molecule has 0 spiro atoms. The second kappa shape index (κ2) is 6.78. The van der Waals surface area contributed by atoms with E-state index in [1.54, 1.807) is 0 Å². The summed E-state index contributed by atoms with van der Waals surface area (Å²) in [5.74, 6) is 0.0104. The van der Waals surface area contributed by atoms with Gasteiger partial charge in [0, 0.05) is 19.3 Å². The minimum atomic E-state index is 0.0104. The van der Waals surface area contributed by atoms with Crippen LogP contribution in [0.1, 0.15) is 18.4 Å². The van der Waals surface area contributed by atoms with E-state index in [0.29, 0.717) is 6.54 Å². The third kappa shape index (κ3) is 3.71. The van der Waals surface area contributed by atoms with Crippen LogP contribution in [0.5, 0.6) is 0 Å². The zero-order valence-electron chi connectivity index (χ0n) is 11.3. The number of rotatable bonds is 5. The number of nitrogens with one attached hydrogen (secondary N) is 2. The molecule has 1 aliphatic rings. The number of benzene rings is 1. The molecule has 2 rings (SSSR count). The Hall–Kier alpha value is -2.03. The zero-order valence-corrected chi connectivity index (χ0v) is 11.3. The van der Waals surface area contributed by atoms with Crippen LogP contribution in [-0.4, -0.2) is 19.5 Å². The summed E-state index contributed by atoms with van der Waals surface area (Å²) in [4.78, 5) is 12.1. The summed E-state index contributed by atoms with van der Waals surface area (Å²) in [6, 6.07) is 10.2. The molecule has 1 aromatic rings. The monoisotopic (exact) mass is 256 g/mol. The van der Waals surface area contributed by atoms with E-state index in [4.69, 9.17) is 0 Å². The zero-order chi connectivity index (χ0) is 13.5. The molecule has 3 nitrogen and oxygen atoms in total. The van der Waals surface area contributed by atoms with Crippen LogP contribution in [0.15, 0.2) is 53.8 Å². The van der Waals surface area contributed by atoms with Crippen molar-refractivity contribution < 1.29 is 4.79 Å². The number of amides is 1. The van der Waals surface area contributed by atoms with Crippen LogP contribution in [0.25, 0.3) is 0 Å². The average molecular weight is 256 g/mol. The first-order valence-corrected chi connectivity index (χ1v) is 6.71. The van der Waals surface area contributed by atoms with Crippen LogP contribution in [0.2, 0.25) is 0 Å². The quantitative estimate of drug-likeness (QED) is 0.847. The van der Waals surface area contributed by atoms with Gasteiger partial charge in [0.2, 0.25) is 0 Å². The molecule has 2 N–H and O–H groups in total. The van der Waals surface area contributed by atoms with Crippen molar-refractivity contribution in [3.8, 4) is 0 Å². The lowest BCUT2D eigenvalue weighted by Gasteiger charge is -2.15. The van der Waals surface area contributed by atoms with Crippen LogP contribution >= 0.6 is 0 Å². The summed E-state index contributed by atoms with van der Waals surface area (Å²) in [6.07, 6.45) is 6.73. The first-order valence-electron chi connectivity index (χ1n) is 6.71. The highest BCUT2D eigenvalue weighted by atomic mass is 16.1. The van der Waals surface area contributed by atoms with Gasteiger partial charge in [-0.05, 0) is 24.8 Å². The first-order chi connectivity index (χ1) is 9.31. The van der Waals surface area contributed by atoms with Gasteiger partial charge in [-0.15, -0.1) is 0 Å². The molecule has 0 aromatic heterocycles. The molecule has 0 saturated carbocycles. The minimum absolute atomic E-state index is 0.0104. The van der Waals surface area contributed by atoms with Crippen molar-refractivity contribution in [2.45, 2.75) is 19.3 Å². The van der Waals surface area contributed by atoms with Crippen molar-refractivity contribution >= 4 is 5.91 Å². The second-order valence-electron chi connectivity index (χ2n) is 4.57. The van der Waals surface area contributed by atoms with Gasteiger partial charge in [-0.2, -0.15) is 0 Å². The molecule has 0 radical (unpaired) electrons. The average Bonchev–Trinajstić information content (AvgIpc) is 2.48. The van der Waals surface area contributed by atoms with E-state index in [2.05, 4.69) is 22.8 Å². The van der Waals surface area contributed by atoms with E-state index < -0.39 is 0 Å². The van der Waals surface area contributed by atoms with Gasteiger partial charge in [-0.25, -0.2) is 0 Å². The van der Waals surface area contributed by atoms with Crippen molar-refractivity contribution in [1.82, 2.24) is 10.6 Å². The Labute approximate surface area is 114 Å². The number of carbonyl (C=O) groups excluding carboxylic acids is 1. The summed E-state index contributed by atoms with van der Waals surface area (Å²) in [7, 11) is 1.87. The second-order valence-corrected chi connectivity index (χ2v) is 4.57. The molecule has 0 bridgehead atoms. The van der Waals surface area contributed by atoms with Gasteiger partial charge < -0.3 is 10.6 Å². The summed E-state index contributed by atoms with van der Waals surface area (Å²) in [5.41, 5.74) is 3.03. The predicted molar refractivity (Wildman–Crippen MR) is 77.6 cm³/mol. The Balaban J connectivity index is 1.88. The Morgan fingerprint density at radius 2 is 2.05 bits per heavy atom. The molecule has 19 heavy (non-hydrogen) atoms. The lowest BCUT2D eigenvalue weighted by atomic mass is 10.0.